The van der Waals surface area contributed by atoms with Crippen LogP contribution in [-0.4, -0.2) is 45.8 Å². The van der Waals surface area contributed by atoms with E-state index in [0.717, 1.165) is 48.2 Å². The number of hydrogen-bond acceptors (Lipinski definition) is 8. The second kappa shape index (κ2) is 10.1. The summed E-state index contributed by atoms with van der Waals surface area (Å²) in [6.45, 7) is 1.81. The summed E-state index contributed by atoms with van der Waals surface area (Å²) in [7, 11) is 1.64. The molecule has 1 amide bonds. The van der Waals surface area contributed by atoms with Crippen LogP contribution in [0.3, 0.4) is 0 Å². The Morgan fingerprint density at radius 3 is 2.88 bits per heavy atom. The van der Waals surface area contributed by atoms with E-state index in [4.69, 9.17) is 15.7 Å². The van der Waals surface area contributed by atoms with Crippen molar-refractivity contribution in [2.75, 3.05) is 23.5 Å². The van der Waals surface area contributed by atoms with E-state index < -0.39 is 0 Å². The Bertz CT molecular complexity index is 1200. The lowest BCUT2D eigenvalue weighted by atomic mass is 9.91. The molecule has 172 valence electrons. The standard InChI is InChI=1S/C23H27N7O2S/c1-13-18(10-24)26-11-19-22(13)30-23(29-19)33-12-21(31)28-16-7-8-20(32-2)17(9-16)27-15-5-3-14(25)4-6-15/h7-9,11,14-15,27H,3-6,12,25H2,1-2H3,(H,28,31)(H,29,30)/t14-,15-. The lowest BCUT2D eigenvalue weighted by Gasteiger charge is -2.28. The molecule has 0 radical (unpaired) electrons. The van der Waals surface area contributed by atoms with E-state index in [0.29, 0.717) is 28.1 Å². The number of methoxy groups -OCH3 is 1. The molecule has 1 aromatic carbocycles. The van der Waals surface area contributed by atoms with Gasteiger partial charge in [0.25, 0.3) is 0 Å². The van der Waals surface area contributed by atoms with Crippen LogP contribution < -0.4 is 21.1 Å². The van der Waals surface area contributed by atoms with Crippen LogP contribution in [0.25, 0.3) is 11.0 Å². The number of ether oxygens (including phenoxy) is 1. The highest BCUT2D eigenvalue weighted by molar-refractivity contribution is 7.99. The molecular weight excluding hydrogens is 438 g/mol. The van der Waals surface area contributed by atoms with E-state index >= 15 is 0 Å². The minimum atomic E-state index is -0.146. The Morgan fingerprint density at radius 1 is 1.36 bits per heavy atom. The summed E-state index contributed by atoms with van der Waals surface area (Å²) in [6, 6.07) is 8.25. The van der Waals surface area contributed by atoms with Crippen molar-refractivity contribution in [3.05, 3.63) is 35.7 Å². The molecule has 0 bridgehead atoms. The maximum atomic E-state index is 12.6. The summed E-state index contributed by atoms with van der Waals surface area (Å²) in [5.41, 5.74) is 10.1. The van der Waals surface area contributed by atoms with Gasteiger partial charge in [-0.15, -0.1) is 0 Å². The molecule has 10 heteroatoms. The average Bonchev–Trinajstić information content (AvgIpc) is 3.24. The van der Waals surface area contributed by atoms with Crippen LogP contribution in [0.1, 0.15) is 36.9 Å². The smallest absolute Gasteiger partial charge is 0.234 e. The van der Waals surface area contributed by atoms with Crippen molar-refractivity contribution < 1.29 is 9.53 Å². The molecule has 0 atom stereocenters. The number of amides is 1. The number of thioether (sulfide) groups is 1. The minimum absolute atomic E-state index is 0.146. The molecule has 1 aliphatic rings. The number of pyridine rings is 1. The van der Waals surface area contributed by atoms with Gasteiger partial charge in [-0.05, 0) is 50.8 Å². The Kier molecular flexibility index (Phi) is 7.01. The first kappa shape index (κ1) is 22.9. The van der Waals surface area contributed by atoms with Crippen LogP contribution in [0, 0.1) is 18.3 Å². The molecule has 1 aliphatic carbocycles. The van der Waals surface area contributed by atoms with Gasteiger partial charge in [0.2, 0.25) is 5.91 Å². The molecular formula is C23H27N7O2S. The SMILES string of the molecule is COc1ccc(NC(=O)CSc2nc3c(C)c(C#N)ncc3[nH]2)cc1N[C@H]1CC[C@H](N)CC1. The number of aromatic amines is 1. The number of rotatable bonds is 7. The molecule has 4 rings (SSSR count). The van der Waals surface area contributed by atoms with E-state index in [-0.39, 0.29) is 17.7 Å². The van der Waals surface area contributed by atoms with Crippen LogP contribution >= 0.6 is 11.8 Å². The third kappa shape index (κ3) is 5.38. The molecule has 2 aromatic heterocycles. The number of anilines is 2. The van der Waals surface area contributed by atoms with Gasteiger partial charge in [-0.3, -0.25) is 4.79 Å². The number of aryl methyl sites for hydroxylation is 1. The summed E-state index contributed by atoms with van der Waals surface area (Å²) in [6.07, 6.45) is 5.62. The van der Waals surface area contributed by atoms with Crippen molar-refractivity contribution in [3.63, 3.8) is 0 Å². The van der Waals surface area contributed by atoms with Gasteiger partial charge < -0.3 is 26.1 Å². The molecule has 1 fully saturated rings. The molecule has 0 aliphatic heterocycles. The zero-order valence-corrected chi connectivity index (χ0v) is 19.5. The number of nitrogens with zero attached hydrogens (tertiary/aromatic N) is 3. The van der Waals surface area contributed by atoms with Crippen LogP contribution in [-0.2, 0) is 4.79 Å². The van der Waals surface area contributed by atoms with Gasteiger partial charge in [-0.2, -0.15) is 5.26 Å². The van der Waals surface area contributed by atoms with Gasteiger partial charge in [0.05, 0.1) is 35.8 Å². The first-order valence-electron chi connectivity index (χ1n) is 10.8. The van der Waals surface area contributed by atoms with Gasteiger partial charge in [0, 0.05) is 23.3 Å². The molecule has 5 N–H and O–H groups in total. The number of nitrogens with one attached hydrogen (secondary N) is 3. The summed E-state index contributed by atoms with van der Waals surface area (Å²) in [4.78, 5) is 24.3. The van der Waals surface area contributed by atoms with Crippen LogP contribution in [0.2, 0.25) is 0 Å². The van der Waals surface area contributed by atoms with Gasteiger partial charge in [0.1, 0.15) is 17.5 Å². The van der Waals surface area contributed by atoms with Gasteiger partial charge in [-0.1, -0.05) is 11.8 Å². The number of nitrogens with two attached hydrogens (primary N) is 1. The summed E-state index contributed by atoms with van der Waals surface area (Å²) >= 11 is 1.29. The number of carbonyl (C=O) groups excluding carboxylic acids is 1. The fourth-order valence-corrected chi connectivity index (χ4v) is 4.65. The Balaban J connectivity index is 1.38. The predicted molar refractivity (Wildman–Crippen MR) is 130 cm³/mol. The number of carbonyl (C=O) groups is 1. The molecule has 1 saturated carbocycles. The largest absolute Gasteiger partial charge is 0.495 e. The maximum Gasteiger partial charge on any atom is 0.234 e. The Labute approximate surface area is 196 Å². The summed E-state index contributed by atoms with van der Waals surface area (Å²) < 4.78 is 5.49. The normalized spacial score (nSPS) is 18.0. The minimum Gasteiger partial charge on any atom is -0.495 e. The highest BCUT2D eigenvalue weighted by Gasteiger charge is 2.20. The zero-order chi connectivity index (χ0) is 23.4. The third-order valence-corrected chi connectivity index (χ3v) is 6.68. The molecule has 2 heterocycles. The van der Waals surface area contributed by atoms with Crippen LogP contribution in [0.15, 0.2) is 29.6 Å². The highest BCUT2D eigenvalue weighted by atomic mass is 32.2. The van der Waals surface area contributed by atoms with E-state index in [9.17, 15) is 4.79 Å². The van der Waals surface area contributed by atoms with E-state index in [1.807, 2.05) is 25.1 Å². The highest BCUT2D eigenvalue weighted by Crippen LogP contribution is 2.31. The topological polar surface area (TPSA) is 142 Å². The van der Waals surface area contributed by atoms with Gasteiger partial charge >= 0.3 is 0 Å². The maximum absolute atomic E-state index is 12.6. The lowest BCUT2D eigenvalue weighted by molar-refractivity contribution is -0.113. The van der Waals surface area contributed by atoms with Crippen molar-refractivity contribution in [2.24, 2.45) is 5.73 Å². The molecule has 9 nitrogen and oxygen atoms in total. The third-order valence-electron chi connectivity index (χ3n) is 5.80. The fraction of sp³-hybridized carbons (Fsp3) is 0.391. The number of imidazole rings is 1. The van der Waals surface area contributed by atoms with Crippen molar-refractivity contribution in [1.29, 1.82) is 5.26 Å². The number of nitriles is 1. The monoisotopic (exact) mass is 465 g/mol. The van der Waals surface area contributed by atoms with Crippen LogP contribution in [0.4, 0.5) is 11.4 Å². The van der Waals surface area contributed by atoms with E-state index in [1.54, 1.807) is 13.3 Å². The molecule has 33 heavy (non-hydrogen) atoms. The van der Waals surface area contributed by atoms with Crippen LogP contribution in [0.5, 0.6) is 5.75 Å². The van der Waals surface area contributed by atoms with E-state index in [1.165, 1.54) is 11.8 Å². The summed E-state index contributed by atoms with van der Waals surface area (Å²) in [5.74, 6) is 0.778. The number of H-pyrrole nitrogens is 1. The number of fused-ring (bicyclic) bond motifs is 1. The first-order chi connectivity index (χ1) is 16.0. The summed E-state index contributed by atoms with van der Waals surface area (Å²) in [5, 5.41) is 16.2. The molecule has 3 aromatic rings. The predicted octanol–water partition coefficient (Wildman–Crippen LogP) is 3.56. The van der Waals surface area contributed by atoms with Crippen molar-refractivity contribution in [3.8, 4) is 11.8 Å². The zero-order valence-electron chi connectivity index (χ0n) is 18.6. The Hall–Kier alpha value is -3.29. The lowest BCUT2D eigenvalue weighted by Crippen LogP contribution is -2.32. The second-order valence-electron chi connectivity index (χ2n) is 8.16. The molecule has 0 saturated heterocycles. The van der Waals surface area contributed by atoms with Crippen molar-refractivity contribution in [2.45, 2.75) is 49.8 Å². The number of aromatic nitrogens is 3. The van der Waals surface area contributed by atoms with Gasteiger partial charge in [0.15, 0.2) is 5.16 Å². The van der Waals surface area contributed by atoms with Gasteiger partial charge in [-0.25, -0.2) is 9.97 Å². The van der Waals surface area contributed by atoms with Crippen molar-refractivity contribution >= 4 is 40.1 Å². The quantitative estimate of drug-likeness (QED) is 0.388. The Morgan fingerprint density at radius 2 is 2.15 bits per heavy atom. The van der Waals surface area contributed by atoms with E-state index in [2.05, 4.69) is 31.7 Å². The second-order valence-corrected chi connectivity index (χ2v) is 9.12. The first-order valence-corrected chi connectivity index (χ1v) is 11.8. The fourth-order valence-electron chi connectivity index (χ4n) is 3.98. The number of benzene rings is 1. The molecule has 0 unspecified atom stereocenters. The average molecular weight is 466 g/mol. The molecule has 0 spiro atoms. The van der Waals surface area contributed by atoms with Crippen molar-refractivity contribution in [1.82, 2.24) is 15.0 Å². The number of hydrogen-bond donors (Lipinski definition) is 4.